The number of aliphatic carboxylic acids is 2. The van der Waals surface area contributed by atoms with Gasteiger partial charge in [0.1, 0.15) is 0 Å². The molecule has 84 valence electrons. The average molecular weight is 210 g/mol. The Bertz CT molecular complexity index is 168. The fraction of sp³-hybridized carbons (Fsp3) is 0.800. The molecular formula is C10H19LiO4. The van der Waals surface area contributed by atoms with Crippen LogP contribution in [0.4, 0.5) is 0 Å². The summed E-state index contributed by atoms with van der Waals surface area (Å²) in [6, 6.07) is 0. The average Bonchev–Trinajstić information content (AvgIpc) is 2.08. The van der Waals surface area contributed by atoms with Gasteiger partial charge in [-0.3, -0.25) is 9.59 Å². The van der Waals surface area contributed by atoms with Crippen molar-refractivity contribution < 1.29 is 40.1 Å². The normalized spacial score (nSPS) is 9.33. The predicted molar refractivity (Wildman–Crippen MR) is 53.3 cm³/mol. The predicted octanol–water partition coefficient (Wildman–Crippen LogP) is -0.607. The monoisotopic (exact) mass is 210 g/mol. The number of carboxylic acid groups (broad SMARTS) is 2. The molecule has 0 saturated heterocycles. The zero-order chi connectivity index (χ0) is 10.8. The molecule has 0 unspecified atom stereocenters. The topological polar surface area (TPSA) is 74.6 Å². The van der Waals surface area contributed by atoms with Crippen molar-refractivity contribution in [1.82, 2.24) is 0 Å². The number of unbranched alkanes of at least 4 members (excludes halogenated alkanes) is 5. The second kappa shape index (κ2) is 11.6. The van der Waals surface area contributed by atoms with Gasteiger partial charge in [-0.05, 0) is 12.8 Å². The van der Waals surface area contributed by atoms with Crippen LogP contribution in [0.3, 0.4) is 0 Å². The van der Waals surface area contributed by atoms with Crippen LogP contribution >= 0.6 is 0 Å². The maximum atomic E-state index is 10.1. The molecule has 0 radical (unpaired) electrons. The number of hydrogen-bond donors (Lipinski definition) is 2. The molecule has 0 aromatic carbocycles. The molecule has 0 atom stereocenters. The number of carboxylic acids is 2. The van der Waals surface area contributed by atoms with Crippen molar-refractivity contribution in [3.63, 3.8) is 0 Å². The fourth-order valence-corrected chi connectivity index (χ4v) is 1.26. The summed E-state index contributed by atoms with van der Waals surface area (Å²) < 4.78 is 0. The van der Waals surface area contributed by atoms with Crippen LogP contribution in [0, 0.1) is 0 Å². The summed E-state index contributed by atoms with van der Waals surface area (Å²) in [6.07, 6.45) is 5.82. The zero-order valence-electron chi connectivity index (χ0n) is 10.4. The molecule has 0 fully saturated rings. The molecule has 0 aliphatic heterocycles. The molecule has 0 bridgehead atoms. The van der Waals surface area contributed by atoms with Gasteiger partial charge in [0.05, 0.1) is 0 Å². The minimum absolute atomic E-state index is 0. The molecule has 0 aliphatic carbocycles. The largest absolute Gasteiger partial charge is 1.00 e. The maximum Gasteiger partial charge on any atom is 1.00 e. The Balaban J connectivity index is -0.000000845. The standard InChI is InChI=1S/C10H18O4.Li.H/c11-9(12)7-5-3-1-2-4-6-8-10(13)14;;/h1-8H2,(H,11,12)(H,13,14);;/q;+1;-1. The second-order valence-corrected chi connectivity index (χ2v) is 3.41. The minimum Gasteiger partial charge on any atom is -1.00 e. The first-order valence-corrected chi connectivity index (χ1v) is 5.06. The molecule has 4 nitrogen and oxygen atoms in total. The molecule has 0 rings (SSSR count). The van der Waals surface area contributed by atoms with Gasteiger partial charge in [-0.1, -0.05) is 25.7 Å². The Kier molecular flexibility index (Phi) is 13.1. The van der Waals surface area contributed by atoms with Crippen molar-refractivity contribution in [2.75, 3.05) is 0 Å². The summed E-state index contributed by atoms with van der Waals surface area (Å²) in [5, 5.41) is 16.7. The molecule has 0 heterocycles. The van der Waals surface area contributed by atoms with E-state index in [0.29, 0.717) is 0 Å². The van der Waals surface area contributed by atoms with Crippen molar-refractivity contribution in [2.45, 2.75) is 51.4 Å². The van der Waals surface area contributed by atoms with Gasteiger partial charge in [0.25, 0.3) is 0 Å². The van der Waals surface area contributed by atoms with Crippen LogP contribution in [0.5, 0.6) is 0 Å². The smallest absolute Gasteiger partial charge is 1.00 e. The molecule has 15 heavy (non-hydrogen) atoms. The van der Waals surface area contributed by atoms with E-state index >= 15 is 0 Å². The first-order valence-electron chi connectivity index (χ1n) is 5.06. The van der Waals surface area contributed by atoms with Crippen LogP contribution in [0.15, 0.2) is 0 Å². The molecule has 2 N–H and O–H groups in total. The van der Waals surface area contributed by atoms with E-state index < -0.39 is 11.9 Å². The van der Waals surface area contributed by atoms with Crippen molar-refractivity contribution in [2.24, 2.45) is 0 Å². The summed E-state index contributed by atoms with van der Waals surface area (Å²) in [4.78, 5) is 20.3. The minimum atomic E-state index is -0.740. The van der Waals surface area contributed by atoms with E-state index in [1.165, 1.54) is 0 Å². The van der Waals surface area contributed by atoms with E-state index in [2.05, 4.69) is 0 Å². The molecule has 0 spiro atoms. The summed E-state index contributed by atoms with van der Waals surface area (Å²) in [5.74, 6) is -1.48. The summed E-state index contributed by atoms with van der Waals surface area (Å²) in [6.45, 7) is 0. The Hall–Kier alpha value is -0.463. The Labute approximate surface area is 104 Å². The van der Waals surface area contributed by atoms with Gasteiger partial charge < -0.3 is 11.6 Å². The van der Waals surface area contributed by atoms with Crippen LogP contribution in [0.2, 0.25) is 0 Å². The van der Waals surface area contributed by atoms with Gasteiger partial charge in [0.15, 0.2) is 0 Å². The van der Waals surface area contributed by atoms with Gasteiger partial charge in [0, 0.05) is 12.8 Å². The first-order chi connectivity index (χ1) is 6.63. The Morgan fingerprint density at radius 1 is 0.733 bits per heavy atom. The SMILES string of the molecule is O=C(O)CCCCCCCCC(=O)O.[H-].[Li+]. The van der Waals surface area contributed by atoms with E-state index in [0.717, 1.165) is 38.5 Å². The van der Waals surface area contributed by atoms with Crippen molar-refractivity contribution in [3.05, 3.63) is 0 Å². The number of hydrogen-bond acceptors (Lipinski definition) is 2. The summed E-state index contributed by atoms with van der Waals surface area (Å²) in [7, 11) is 0. The van der Waals surface area contributed by atoms with E-state index in [-0.39, 0.29) is 33.1 Å². The van der Waals surface area contributed by atoms with Crippen LogP contribution < -0.4 is 18.9 Å². The van der Waals surface area contributed by atoms with E-state index in [9.17, 15) is 9.59 Å². The number of rotatable bonds is 9. The maximum absolute atomic E-state index is 10.1. The molecule has 0 aromatic heterocycles. The van der Waals surface area contributed by atoms with Crippen LogP contribution in [0.1, 0.15) is 52.8 Å². The summed E-state index contributed by atoms with van der Waals surface area (Å²) >= 11 is 0. The van der Waals surface area contributed by atoms with Gasteiger partial charge in [-0.25, -0.2) is 0 Å². The third kappa shape index (κ3) is 16.2. The quantitative estimate of drug-likeness (QED) is 0.393. The fourth-order valence-electron chi connectivity index (χ4n) is 1.26. The first kappa shape index (κ1) is 16.9. The third-order valence-corrected chi connectivity index (χ3v) is 2.03. The molecule has 0 aromatic rings. The van der Waals surface area contributed by atoms with E-state index in [1.807, 2.05) is 0 Å². The zero-order valence-corrected chi connectivity index (χ0v) is 9.37. The van der Waals surface area contributed by atoms with Crippen LogP contribution in [0.25, 0.3) is 0 Å². The van der Waals surface area contributed by atoms with Crippen molar-refractivity contribution in [1.29, 1.82) is 0 Å². The van der Waals surface area contributed by atoms with Crippen LogP contribution in [-0.2, 0) is 9.59 Å². The molecular weight excluding hydrogens is 191 g/mol. The second-order valence-electron chi connectivity index (χ2n) is 3.41. The van der Waals surface area contributed by atoms with Gasteiger partial charge >= 0.3 is 30.8 Å². The van der Waals surface area contributed by atoms with Gasteiger partial charge in [0.2, 0.25) is 0 Å². The van der Waals surface area contributed by atoms with Crippen molar-refractivity contribution >= 4 is 11.9 Å². The summed E-state index contributed by atoms with van der Waals surface area (Å²) in [5.41, 5.74) is 0. The van der Waals surface area contributed by atoms with Gasteiger partial charge in [-0.2, -0.15) is 0 Å². The molecule has 0 amide bonds. The molecule has 0 aliphatic rings. The van der Waals surface area contributed by atoms with E-state index in [4.69, 9.17) is 10.2 Å². The van der Waals surface area contributed by atoms with Crippen LogP contribution in [-0.4, -0.2) is 22.2 Å². The Morgan fingerprint density at radius 2 is 1.00 bits per heavy atom. The van der Waals surface area contributed by atoms with Crippen molar-refractivity contribution in [3.8, 4) is 0 Å². The van der Waals surface area contributed by atoms with E-state index in [1.54, 1.807) is 0 Å². The molecule has 5 heteroatoms. The third-order valence-electron chi connectivity index (χ3n) is 2.03. The Morgan fingerprint density at radius 3 is 1.27 bits per heavy atom. The molecule has 0 saturated carbocycles. The number of carbonyl (C=O) groups is 2. The van der Waals surface area contributed by atoms with Gasteiger partial charge in [-0.15, -0.1) is 0 Å².